The van der Waals surface area contributed by atoms with E-state index in [2.05, 4.69) is 24.4 Å². The van der Waals surface area contributed by atoms with E-state index in [4.69, 9.17) is 16.3 Å². The molecular weight excluding hydrogens is 282 g/mol. The fourth-order valence-corrected chi connectivity index (χ4v) is 3.38. The van der Waals surface area contributed by atoms with E-state index in [1.165, 1.54) is 18.2 Å². The van der Waals surface area contributed by atoms with Crippen LogP contribution in [0.15, 0.2) is 36.4 Å². The van der Waals surface area contributed by atoms with E-state index < -0.39 is 0 Å². The van der Waals surface area contributed by atoms with Gasteiger partial charge in [-0.05, 0) is 56.6 Å². The average molecular weight is 304 g/mol. The predicted molar refractivity (Wildman–Crippen MR) is 89.3 cm³/mol. The Bertz CT molecular complexity index is 607. The molecule has 2 aromatic carbocycles. The van der Waals surface area contributed by atoms with E-state index in [1.54, 1.807) is 0 Å². The summed E-state index contributed by atoms with van der Waals surface area (Å²) in [6.45, 7) is 4.42. The first-order chi connectivity index (χ1) is 10.2. The van der Waals surface area contributed by atoms with Gasteiger partial charge in [0, 0.05) is 5.39 Å². The molecule has 0 spiro atoms. The molecule has 0 amide bonds. The Balaban J connectivity index is 1.75. The molecule has 0 radical (unpaired) electrons. The Hall–Kier alpha value is -1.25. The molecule has 112 valence electrons. The molecule has 3 rings (SSSR count). The second-order valence-corrected chi connectivity index (χ2v) is 6.36. The molecule has 0 saturated carbocycles. The van der Waals surface area contributed by atoms with Gasteiger partial charge in [0.05, 0.1) is 11.1 Å². The molecule has 1 aliphatic rings. The first-order valence-electron chi connectivity index (χ1n) is 7.78. The molecule has 1 fully saturated rings. The van der Waals surface area contributed by atoms with Crippen LogP contribution in [0, 0.1) is 5.92 Å². The van der Waals surface area contributed by atoms with E-state index >= 15 is 0 Å². The first-order valence-corrected chi connectivity index (χ1v) is 8.16. The number of fused-ring (bicyclic) bond motifs is 1. The van der Waals surface area contributed by atoms with Gasteiger partial charge in [0.1, 0.15) is 5.75 Å². The van der Waals surface area contributed by atoms with Gasteiger partial charge in [-0.25, -0.2) is 0 Å². The maximum absolute atomic E-state index is 6.36. The zero-order chi connectivity index (χ0) is 14.7. The fourth-order valence-electron chi connectivity index (χ4n) is 3.17. The molecule has 2 aromatic rings. The fraction of sp³-hybridized carbons (Fsp3) is 0.444. The summed E-state index contributed by atoms with van der Waals surface area (Å²) >= 11 is 6.36. The monoisotopic (exact) mass is 303 g/mol. The number of piperidine rings is 1. The van der Waals surface area contributed by atoms with E-state index in [9.17, 15) is 0 Å². The molecule has 3 heteroatoms. The van der Waals surface area contributed by atoms with Crippen molar-refractivity contribution in [3.05, 3.63) is 41.4 Å². The number of ether oxygens (including phenoxy) is 1. The van der Waals surface area contributed by atoms with Crippen LogP contribution in [-0.2, 0) is 0 Å². The maximum Gasteiger partial charge on any atom is 0.146 e. The minimum absolute atomic E-state index is 0.191. The topological polar surface area (TPSA) is 21.3 Å². The highest BCUT2D eigenvalue weighted by Gasteiger charge is 2.18. The number of hydrogen-bond donors (Lipinski definition) is 1. The third kappa shape index (κ3) is 3.50. The lowest BCUT2D eigenvalue weighted by molar-refractivity contribution is 0.173. The van der Waals surface area contributed by atoms with E-state index in [1.807, 2.05) is 24.3 Å². The van der Waals surface area contributed by atoms with Crippen molar-refractivity contribution in [3.63, 3.8) is 0 Å². The van der Waals surface area contributed by atoms with Gasteiger partial charge in [0.2, 0.25) is 0 Å². The molecule has 0 bridgehead atoms. The second-order valence-electron chi connectivity index (χ2n) is 5.96. The van der Waals surface area contributed by atoms with Crippen LogP contribution in [-0.4, -0.2) is 19.2 Å². The van der Waals surface area contributed by atoms with Gasteiger partial charge >= 0.3 is 0 Å². The average Bonchev–Trinajstić information content (AvgIpc) is 2.51. The molecule has 21 heavy (non-hydrogen) atoms. The Morgan fingerprint density at radius 3 is 2.76 bits per heavy atom. The second kappa shape index (κ2) is 6.67. The molecule has 1 saturated heterocycles. The number of hydrogen-bond acceptors (Lipinski definition) is 2. The zero-order valence-electron chi connectivity index (χ0n) is 12.4. The summed E-state index contributed by atoms with van der Waals surface area (Å²) in [7, 11) is 0. The molecule has 1 unspecified atom stereocenters. The van der Waals surface area contributed by atoms with Crippen molar-refractivity contribution in [2.75, 3.05) is 13.1 Å². The van der Waals surface area contributed by atoms with Crippen LogP contribution in [0.4, 0.5) is 0 Å². The Morgan fingerprint density at radius 1 is 1.19 bits per heavy atom. The summed E-state index contributed by atoms with van der Waals surface area (Å²) in [4.78, 5) is 0. The normalized spacial score (nSPS) is 17.8. The number of benzene rings is 2. The third-order valence-corrected chi connectivity index (χ3v) is 4.57. The SMILES string of the molecule is CC(CC1CCNCC1)Oc1c(Cl)ccc2ccccc12. The first kappa shape index (κ1) is 14.7. The predicted octanol–water partition coefficient (Wildman–Crippen LogP) is 4.65. The third-order valence-electron chi connectivity index (χ3n) is 4.27. The van der Waals surface area contributed by atoms with Gasteiger partial charge in [-0.3, -0.25) is 0 Å². The van der Waals surface area contributed by atoms with Crippen LogP contribution in [0.25, 0.3) is 10.8 Å². The van der Waals surface area contributed by atoms with Crippen molar-refractivity contribution in [1.82, 2.24) is 5.32 Å². The summed E-state index contributed by atoms with van der Waals surface area (Å²) in [5.74, 6) is 1.59. The van der Waals surface area contributed by atoms with Crippen LogP contribution >= 0.6 is 11.6 Å². The quantitative estimate of drug-likeness (QED) is 0.887. The number of halogens is 1. The minimum atomic E-state index is 0.191. The van der Waals surface area contributed by atoms with Crippen LogP contribution < -0.4 is 10.1 Å². The highest BCUT2D eigenvalue weighted by Crippen LogP contribution is 2.35. The highest BCUT2D eigenvalue weighted by atomic mass is 35.5. The smallest absolute Gasteiger partial charge is 0.146 e. The van der Waals surface area contributed by atoms with Gasteiger partial charge < -0.3 is 10.1 Å². The molecule has 2 nitrogen and oxygen atoms in total. The summed E-state index contributed by atoms with van der Waals surface area (Å²) in [6, 6.07) is 12.2. The number of rotatable bonds is 4. The summed E-state index contributed by atoms with van der Waals surface area (Å²) in [5.41, 5.74) is 0. The van der Waals surface area contributed by atoms with Gasteiger partial charge in [-0.1, -0.05) is 41.9 Å². The van der Waals surface area contributed by atoms with Crippen LogP contribution in [0.1, 0.15) is 26.2 Å². The lowest BCUT2D eigenvalue weighted by Crippen LogP contribution is -2.30. The van der Waals surface area contributed by atoms with Crippen molar-refractivity contribution < 1.29 is 4.74 Å². The van der Waals surface area contributed by atoms with E-state index in [0.29, 0.717) is 5.02 Å². The minimum Gasteiger partial charge on any atom is -0.488 e. The van der Waals surface area contributed by atoms with Gasteiger partial charge in [0.25, 0.3) is 0 Å². The van der Waals surface area contributed by atoms with Crippen LogP contribution in [0.3, 0.4) is 0 Å². The van der Waals surface area contributed by atoms with Gasteiger partial charge in [0.15, 0.2) is 0 Å². The maximum atomic E-state index is 6.36. The van der Waals surface area contributed by atoms with Crippen LogP contribution in [0.2, 0.25) is 5.02 Å². The summed E-state index contributed by atoms with van der Waals surface area (Å²) in [6.07, 6.45) is 3.78. The van der Waals surface area contributed by atoms with Crippen molar-refractivity contribution in [2.24, 2.45) is 5.92 Å². The molecular formula is C18H22ClNO. The summed E-state index contributed by atoms with van der Waals surface area (Å²) in [5, 5.41) is 6.38. The lowest BCUT2D eigenvalue weighted by Gasteiger charge is -2.26. The Labute approximate surface area is 131 Å². The van der Waals surface area contributed by atoms with Crippen molar-refractivity contribution in [1.29, 1.82) is 0 Å². The van der Waals surface area contributed by atoms with Crippen molar-refractivity contribution in [3.8, 4) is 5.75 Å². The van der Waals surface area contributed by atoms with Crippen LogP contribution in [0.5, 0.6) is 5.75 Å². The van der Waals surface area contributed by atoms with Gasteiger partial charge in [-0.2, -0.15) is 0 Å². The molecule has 1 heterocycles. The van der Waals surface area contributed by atoms with Gasteiger partial charge in [-0.15, -0.1) is 0 Å². The zero-order valence-corrected chi connectivity index (χ0v) is 13.2. The van der Waals surface area contributed by atoms with Crippen molar-refractivity contribution in [2.45, 2.75) is 32.3 Å². The van der Waals surface area contributed by atoms with E-state index in [-0.39, 0.29) is 6.10 Å². The molecule has 0 aromatic heterocycles. The van der Waals surface area contributed by atoms with E-state index in [0.717, 1.165) is 36.6 Å². The Morgan fingerprint density at radius 2 is 1.95 bits per heavy atom. The lowest BCUT2D eigenvalue weighted by atomic mass is 9.92. The summed E-state index contributed by atoms with van der Waals surface area (Å²) < 4.78 is 6.21. The number of nitrogens with one attached hydrogen (secondary N) is 1. The molecule has 1 atom stereocenters. The molecule has 1 N–H and O–H groups in total. The van der Waals surface area contributed by atoms with Crippen molar-refractivity contribution >= 4 is 22.4 Å². The Kier molecular flexibility index (Phi) is 4.67. The highest BCUT2D eigenvalue weighted by molar-refractivity contribution is 6.33. The molecule has 1 aliphatic heterocycles. The molecule has 0 aliphatic carbocycles. The largest absolute Gasteiger partial charge is 0.488 e. The standard InChI is InChI=1S/C18H22ClNO/c1-13(12-14-8-10-20-11-9-14)21-18-16-5-3-2-4-15(16)6-7-17(18)19/h2-7,13-14,20H,8-12H2,1H3.